The Balaban J connectivity index is 2.39. The van der Waals surface area contributed by atoms with Crippen LogP contribution in [0, 0.1) is 5.92 Å². The van der Waals surface area contributed by atoms with Crippen molar-refractivity contribution < 1.29 is 14.7 Å². The minimum absolute atomic E-state index is 0.123. The van der Waals surface area contributed by atoms with Gasteiger partial charge < -0.3 is 10.4 Å². The van der Waals surface area contributed by atoms with Gasteiger partial charge in [-0.25, -0.2) is 4.98 Å². The van der Waals surface area contributed by atoms with E-state index in [0.717, 1.165) is 0 Å². The Labute approximate surface area is 114 Å². The molecule has 0 aliphatic rings. The van der Waals surface area contributed by atoms with Gasteiger partial charge >= 0.3 is 5.97 Å². The molecule has 1 aromatic heterocycles. The number of hydrogen-bond acceptors (Lipinski definition) is 3. The molecular weight excluding hydrogens is 300 g/mol. The van der Waals surface area contributed by atoms with Crippen molar-refractivity contribution in [2.24, 2.45) is 5.92 Å². The molecule has 0 fully saturated rings. The molecule has 2 N–H and O–H groups in total. The summed E-state index contributed by atoms with van der Waals surface area (Å²) in [7, 11) is 0. The molecule has 1 unspecified atom stereocenters. The highest BCUT2D eigenvalue weighted by molar-refractivity contribution is 9.10. The average molecular weight is 315 g/mol. The van der Waals surface area contributed by atoms with Crippen LogP contribution in [0.25, 0.3) is 0 Å². The van der Waals surface area contributed by atoms with Gasteiger partial charge in [0.1, 0.15) is 4.60 Å². The lowest BCUT2D eigenvalue weighted by Crippen LogP contribution is -2.28. The molecule has 1 heterocycles. The van der Waals surface area contributed by atoms with Gasteiger partial charge in [-0.15, -0.1) is 0 Å². The van der Waals surface area contributed by atoms with Gasteiger partial charge in [-0.3, -0.25) is 9.59 Å². The molecule has 6 heteroatoms. The molecule has 5 nitrogen and oxygen atoms in total. The molecule has 0 aliphatic carbocycles. The highest BCUT2D eigenvalue weighted by atomic mass is 79.9. The molecule has 1 rings (SSSR count). The number of nitrogens with one attached hydrogen (secondary N) is 1. The number of nitrogens with zero attached hydrogens (tertiary/aromatic N) is 1. The van der Waals surface area contributed by atoms with E-state index in [1.54, 1.807) is 18.3 Å². The van der Waals surface area contributed by atoms with Crippen LogP contribution in [-0.4, -0.2) is 28.5 Å². The summed E-state index contributed by atoms with van der Waals surface area (Å²) >= 11 is 3.19. The number of carbonyl (C=O) groups excluding carboxylic acids is 1. The van der Waals surface area contributed by atoms with Gasteiger partial charge in [0.2, 0.25) is 0 Å². The zero-order chi connectivity index (χ0) is 13.5. The summed E-state index contributed by atoms with van der Waals surface area (Å²) in [5, 5.41) is 11.3. The SMILES string of the molecule is CC(CCC(=O)O)CNC(=O)c1ccnc(Br)c1. The van der Waals surface area contributed by atoms with Crippen LogP contribution in [0.15, 0.2) is 22.9 Å². The van der Waals surface area contributed by atoms with E-state index >= 15 is 0 Å². The topological polar surface area (TPSA) is 79.3 Å². The standard InChI is InChI=1S/C12H15BrN2O3/c1-8(2-3-11(16)17)7-15-12(18)9-4-5-14-10(13)6-9/h4-6,8H,2-3,7H2,1H3,(H,15,18)(H,16,17). The van der Waals surface area contributed by atoms with Crippen LogP contribution < -0.4 is 5.32 Å². The summed E-state index contributed by atoms with van der Waals surface area (Å²) in [5.74, 6) is -0.859. The first-order chi connectivity index (χ1) is 8.49. The van der Waals surface area contributed by atoms with E-state index in [9.17, 15) is 9.59 Å². The molecule has 0 aliphatic heterocycles. The van der Waals surface area contributed by atoms with Crippen LogP contribution in [0.2, 0.25) is 0 Å². The third kappa shape index (κ3) is 5.27. The zero-order valence-electron chi connectivity index (χ0n) is 10.0. The fourth-order valence-corrected chi connectivity index (χ4v) is 1.75. The second-order valence-corrected chi connectivity index (χ2v) is 4.93. The summed E-state index contributed by atoms with van der Waals surface area (Å²) in [5.41, 5.74) is 0.530. The fourth-order valence-electron chi connectivity index (χ4n) is 1.38. The predicted molar refractivity (Wildman–Crippen MR) is 70.3 cm³/mol. The van der Waals surface area contributed by atoms with E-state index in [-0.39, 0.29) is 18.2 Å². The second kappa shape index (κ2) is 7.10. The Morgan fingerprint density at radius 3 is 2.89 bits per heavy atom. The first-order valence-corrected chi connectivity index (χ1v) is 6.40. The molecule has 18 heavy (non-hydrogen) atoms. The minimum Gasteiger partial charge on any atom is -0.481 e. The molecule has 0 saturated heterocycles. The third-order valence-corrected chi connectivity index (χ3v) is 2.88. The van der Waals surface area contributed by atoms with E-state index in [1.165, 1.54) is 0 Å². The van der Waals surface area contributed by atoms with Crippen LogP contribution in [0.4, 0.5) is 0 Å². The largest absolute Gasteiger partial charge is 0.481 e. The summed E-state index contributed by atoms with van der Waals surface area (Å²) in [6.45, 7) is 2.37. The molecule has 0 radical (unpaired) electrons. The molecule has 0 saturated carbocycles. The molecule has 0 aromatic carbocycles. The number of amides is 1. The number of aliphatic carboxylic acids is 1. The lowest BCUT2D eigenvalue weighted by molar-refractivity contribution is -0.137. The van der Waals surface area contributed by atoms with Crippen molar-refractivity contribution in [3.63, 3.8) is 0 Å². The second-order valence-electron chi connectivity index (χ2n) is 4.11. The summed E-state index contributed by atoms with van der Waals surface area (Å²) in [6.07, 6.45) is 2.22. The van der Waals surface area contributed by atoms with Crippen molar-refractivity contribution in [2.45, 2.75) is 19.8 Å². The smallest absolute Gasteiger partial charge is 0.303 e. The number of carboxylic acids is 1. The summed E-state index contributed by atoms with van der Waals surface area (Å²) in [4.78, 5) is 26.1. The quantitative estimate of drug-likeness (QED) is 0.788. The highest BCUT2D eigenvalue weighted by Crippen LogP contribution is 2.09. The maximum atomic E-state index is 11.8. The maximum absolute atomic E-state index is 11.8. The molecule has 98 valence electrons. The Kier molecular flexibility index (Phi) is 5.77. The molecule has 1 amide bonds. The molecule has 1 atom stereocenters. The van der Waals surface area contributed by atoms with Gasteiger partial charge in [-0.2, -0.15) is 0 Å². The van der Waals surface area contributed by atoms with Crippen molar-refractivity contribution in [1.82, 2.24) is 10.3 Å². The summed E-state index contributed by atoms with van der Waals surface area (Å²) < 4.78 is 0.606. The maximum Gasteiger partial charge on any atom is 0.303 e. The van der Waals surface area contributed by atoms with Crippen LogP contribution in [-0.2, 0) is 4.79 Å². The van der Waals surface area contributed by atoms with E-state index in [2.05, 4.69) is 26.2 Å². The fraction of sp³-hybridized carbons (Fsp3) is 0.417. The van der Waals surface area contributed by atoms with Crippen molar-refractivity contribution in [1.29, 1.82) is 0 Å². The Bertz CT molecular complexity index is 437. The van der Waals surface area contributed by atoms with E-state index in [1.807, 2.05) is 6.92 Å². The van der Waals surface area contributed by atoms with Crippen molar-refractivity contribution in [2.75, 3.05) is 6.54 Å². The first-order valence-electron chi connectivity index (χ1n) is 5.60. The minimum atomic E-state index is -0.814. The average Bonchev–Trinajstić information content (AvgIpc) is 2.33. The third-order valence-electron chi connectivity index (χ3n) is 2.45. The Hall–Kier alpha value is -1.43. The van der Waals surface area contributed by atoms with Crippen LogP contribution in [0.1, 0.15) is 30.1 Å². The summed E-state index contributed by atoms with van der Waals surface area (Å²) in [6, 6.07) is 3.26. The molecule has 1 aromatic rings. The highest BCUT2D eigenvalue weighted by Gasteiger charge is 2.09. The van der Waals surface area contributed by atoms with Gasteiger partial charge in [-0.1, -0.05) is 6.92 Å². The number of rotatable bonds is 6. The number of pyridine rings is 1. The van der Waals surface area contributed by atoms with Gasteiger partial charge in [0.15, 0.2) is 0 Å². The lowest BCUT2D eigenvalue weighted by Gasteiger charge is -2.11. The normalized spacial score (nSPS) is 11.9. The number of hydrogen-bond donors (Lipinski definition) is 2. The van der Waals surface area contributed by atoms with Crippen molar-refractivity contribution in [3.05, 3.63) is 28.5 Å². The number of carboxylic acid groups (broad SMARTS) is 1. The van der Waals surface area contributed by atoms with Crippen LogP contribution >= 0.6 is 15.9 Å². The number of aromatic nitrogens is 1. The van der Waals surface area contributed by atoms with Crippen LogP contribution in [0.3, 0.4) is 0 Å². The lowest BCUT2D eigenvalue weighted by atomic mass is 10.1. The van der Waals surface area contributed by atoms with Crippen molar-refractivity contribution >= 4 is 27.8 Å². The van der Waals surface area contributed by atoms with E-state index in [4.69, 9.17) is 5.11 Å². The monoisotopic (exact) mass is 314 g/mol. The van der Waals surface area contributed by atoms with Gasteiger partial charge in [0, 0.05) is 24.7 Å². The number of carbonyl (C=O) groups is 2. The van der Waals surface area contributed by atoms with Gasteiger partial charge in [-0.05, 0) is 40.4 Å². The van der Waals surface area contributed by atoms with Crippen LogP contribution in [0.5, 0.6) is 0 Å². The van der Waals surface area contributed by atoms with E-state index < -0.39 is 5.97 Å². The predicted octanol–water partition coefficient (Wildman–Crippen LogP) is 2.07. The number of halogens is 1. The van der Waals surface area contributed by atoms with E-state index in [0.29, 0.717) is 23.1 Å². The van der Waals surface area contributed by atoms with Gasteiger partial charge in [0.05, 0.1) is 0 Å². The molecule has 0 bridgehead atoms. The molecule has 0 spiro atoms. The Morgan fingerprint density at radius 2 is 2.28 bits per heavy atom. The first kappa shape index (κ1) is 14.6. The zero-order valence-corrected chi connectivity index (χ0v) is 11.6. The van der Waals surface area contributed by atoms with Crippen molar-refractivity contribution in [3.8, 4) is 0 Å². The molecular formula is C12H15BrN2O3. The van der Waals surface area contributed by atoms with Gasteiger partial charge in [0.25, 0.3) is 5.91 Å². The Morgan fingerprint density at radius 1 is 1.56 bits per heavy atom.